The molecule has 2 aromatic rings. The van der Waals surface area contributed by atoms with Crippen LogP contribution in [-0.4, -0.2) is 26.2 Å². The summed E-state index contributed by atoms with van der Waals surface area (Å²) in [5.41, 5.74) is 2.53. The zero-order chi connectivity index (χ0) is 17.5. The van der Waals surface area contributed by atoms with Crippen LogP contribution in [0.3, 0.4) is 0 Å². The lowest BCUT2D eigenvalue weighted by Crippen LogP contribution is -2.14. The summed E-state index contributed by atoms with van der Waals surface area (Å²) in [7, 11) is 1.63. The van der Waals surface area contributed by atoms with Gasteiger partial charge in [0, 0.05) is 18.4 Å². The van der Waals surface area contributed by atoms with E-state index in [-0.39, 0.29) is 5.91 Å². The van der Waals surface area contributed by atoms with Crippen molar-refractivity contribution in [2.75, 3.05) is 25.6 Å². The lowest BCUT2D eigenvalue weighted by Gasteiger charge is -2.14. The minimum atomic E-state index is -0.146. The topological polar surface area (TPSA) is 47.6 Å². The Balaban J connectivity index is 2.12. The van der Waals surface area contributed by atoms with Crippen LogP contribution in [0.5, 0.6) is 5.75 Å². The Hall–Kier alpha value is -1.85. The van der Waals surface area contributed by atoms with E-state index in [1.54, 1.807) is 25.3 Å². The van der Waals surface area contributed by atoms with Crippen molar-refractivity contribution >= 4 is 27.5 Å². The Bertz CT molecular complexity index is 701. The van der Waals surface area contributed by atoms with Crippen LogP contribution in [0.15, 0.2) is 46.9 Å². The minimum Gasteiger partial charge on any atom is -0.490 e. The second-order valence-electron chi connectivity index (χ2n) is 5.68. The fourth-order valence-electron chi connectivity index (χ4n) is 2.30. The number of nitrogens with one attached hydrogen (secondary N) is 1. The van der Waals surface area contributed by atoms with Crippen LogP contribution in [0.2, 0.25) is 0 Å². The number of carbonyl (C=O) groups is 1. The lowest BCUT2D eigenvalue weighted by molar-refractivity contribution is 0.102. The molecule has 128 valence electrons. The Morgan fingerprint density at radius 2 is 1.92 bits per heavy atom. The molecule has 0 aliphatic heterocycles. The normalized spacial score (nSPS) is 10.7. The molecule has 4 nitrogen and oxygen atoms in total. The Morgan fingerprint density at radius 1 is 1.17 bits per heavy atom. The first kappa shape index (κ1) is 18.5. The average Bonchev–Trinajstić information content (AvgIpc) is 2.56. The standard InChI is InChI=1S/C19H22BrNO3/c1-13(2)15-6-4-5-7-17(15)21-19(22)14-8-9-18(16(20)12-14)24-11-10-23-3/h4-9,12-13H,10-11H2,1-3H3,(H,21,22). The highest BCUT2D eigenvalue weighted by atomic mass is 79.9. The molecule has 0 fully saturated rings. The van der Waals surface area contributed by atoms with E-state index in [4.69, 9.17) is 9.47 Å². The molecule has 24 heavy (non-hydrogen) atoms. The van der Waals surface area contributed by atoms with Crippen LogP contribution in [0.25, 0.3) is 0 Å². The molecule has 2 rings (SSSR count). The van der Waals surface area contributed by atoms with E-state index in [0.717, 1.165) is 15.7 Å². The largest absolute Gasteiger partial charge is 0.490 e. The summed E-state index contributed by atoms with van der Waals surface area (Å²) in [6.07, 6.45) is 0. The molecule has 5 heteroatoms. The van der Waals surface area contributed by atoms with Gasteiger partial charge in [-0.15, -0.1) is 0 Å². The van der Waals surface area contributed by atoms with Gasteiger partial charge < -0.3 is 14.8 Å². The number of rotatable bonds is 7. The second kappa shape index (κ2) is 8.85. The van der Waals surface area contributed by atoms with Gasteiger partial charge in [-0.05, 0) is 51.7 Å². The number of methoxy groups -OCH3 is 1. The van der Waals surface area contributed by atoms with Crippen molar-refractivity contribution in [1.82, 2.24) is 0 Å². The van der Waals surface area contributed by atoms with Crippen molar-refractivity contribution in [3.8, 4) is 5.75 Å². The molecule has 2 aromatic carbocycles. The lowest BCUT2D eigenvalue weighted by atomic mass is 10.0. The molecule has 1 amide bonds. The summed E-state index contributed by atoms with van der Waals surface area (Å²) in [6.45, 7) is 5.19. The SMILES string of the molecule is COCCOc1ccc(C(=O)Nc2ccccc2C(C)C)cc1Br. The third-order valence-corrected chi connectivity index (χ3v) is 4.19. The van der Waals surface area contributed by atoms with Crippen LogP contribution in [-0.2, 0) is 4.74 Å². The van der Waals surface area contributed by atoms with Gasteiger partial charge in [0.05, 0.1) is 11.1 Å². The molecule has 0 aliphatic rings. The number of para-hydroxylation sites is 1. The molecule has 0 saturated carbocycles. The summed E-state index contributed by atoms with van der Waals surface area (Å²) in [4.78, 5) is 12.5. The molecule has 0 saturated heterocycles. The first-order valence-electron chi connectivity index (χ1n) is 7.84. The fraction of sp³-hybridized carbons (Fsp3) is 0.316. The fourth-order valence-corrected chi connectivity index (χ4v) is 2.80. The van der Waals surface area contributed by atoms with Gasteiger partial charge >= 0.3 is 0 Å². The quantitative estimate of drug-likeness (QED) is 0.686. The van der Waals surface area contributed by atoms with E-state index in [1.807, 2.05) is 24.3 Å². The molecular formula is C19H22BrNO3. The molecule has 0 heterocycles. The summed E-state index contributed by atoms with van der Waals surface area (Å²) in [5, 5.41) is 2.99. The summed E-state index contributed by atoms with van der Waals surface area (Å²) in [6, 6.07) is 13.1. The van der Waals surface area contributed by atoms with Gasteiger partial charge in [0.2, 0.25) is 0 Å². The summed E-state index contributed by atoms with van der Waals surface area (Å²) in [5.74, 6) is 0.878. The van der Waals surface area contributed by atoms with Crippen molar-refractivity contribution in [2.45, 2.75) is 19.8 Å². The van der Waals surface area contributed by atoms with E-state index < -0.39 is 0 Å². The first-order chi connectivity index (χ1) is 11.5. The van der Waals surface area contributed by atoms with Gasteiger partial charge in [0.25, 0.3) is 5.91 Å². The molecular weight excluding hydrogens is 370 g/mol. The van der Waals surface area contributed by atoms with Gasteiger partial charge in [-0.1, -0.05) is 32.0 Å². The molecule has 0 aliphatic carbocycles. The predicted octanol–water partition coefficient (Wildman–Crippen LogP) is 4.85. The van der Waals surface area contributed by atoms with Crippen LogP contribution in [0.1, 0.15) is 35.7 Å². The first-order valence-corrected chi connectivity index (χ1v) is 8.63. The van der Waals surface area contributed by atoms with E-state index >= 15 is 0 Å². The molecule has 0 radical (unpaired) electrons. The van der Waals surface area contributed by atoms with Crippen LogP contribution >= 0.6 is 15.9 Å². The Morgan fingerprint density at radius 3 is 2.58 bits per heavy atom. The monoisotopic (exact) mass is 391 g/mol. The highest BCUT2D eigenvalue weighted by molar-refractivity contribution is 9.10. The third kappa shape index (κ3) is 4.82. The Labute approximate surface area is 151 Å². The van der Waals surface area contributed by atoms with Crippen molar-refractivity contribution < 1.29 is 14.3 Å². The maximum Gasteiger partial charge on any atom is 0.255 e. The van der Waals surface area contributed by atoms with Crippen molar-refractivity contribution in [3.05, 3.63) is 58.1 Å². The number of hydrogen-bond donors (Lipinski definition) is 1. The molecule has 0 atom stereocenters. The number of benzene rings is 2. The molecule has 1 N–H and O–H groups in total. The highest BCUT2D eigenvalue weighted by Crippen LogP contribution is 2.28. The molecule has 0 spiro atoms. The van der Waals surface area contributed by atoms with Crippen LogP contribution in [0, 0.1) is 0 Å². The van der Waals surface area contributed by atoms with E-state index in [0.29, 0.717) is 30.4 Å². The molecule has 0 bridgehead atoms. The minimum absolute atomic E-state index is 0.146. The number of ether oxygens (including phenoxy) is 2. The average molecular weight is 392 g/mol. The van der Waals surface area contributed by atoms with Gasteiger partial charge in [-0.3, -0.25) is 4.79 Å². The number of amides is 1. The zero-order valence-electron chi connectivity index (χ0n) is 14.1. The van der Waals surface area contributed by atoms with Crippen LogP contribution < -0.4 is 10.1 Å². The number of hydrogen-bond acceptors (Lipinski definition) is 3. The second-order valence-corrected chi connectivity index (χ2v) is 6.54. The van der Waals surface area contributed by atoms with Gasteiger partial charge in [-0.2, -0.15) is 0 Å². The Kier molecular flexibility index (Phi) is 6.82. The third-order valence-electron chi connectivity index (χ3n) is 3.57. The predicted molar refractivity (Wildman–Crippen MR) is 100.0 cm³/mol. The molecule has 0 unspecified atom stereocenters. The van der Waals surface area contributed by atoms with Crippen molar-refractivity contribution in [3.63, 3.8) is 0 Å². The maximum atomic E-state index is 12.5. The molecule has 0 aromatic heterocycles. The number of anilines is 1. The van der Waals surface area contributed by atoms with Crippen LogP contribution in [0.4, 0.5) is 5.69 Å². The van der Waals surface area contributed by atoms with E-state index in [9.17, 15) is 4.79 Å². The van der Waals surface area contributed by atoms with E-state index in [1.165, 1.54) is 0 Å². The number of halogens is 1. The maximum absolute atomic E-state index is 12.5. The zero-order valence-corrected chi connectivity index (χ0v) is 15.7. The van der Waals surface area contributed by atoms with Crippen molar-refractivity contribution in [2.24, 2.45) is 0 Å². The van der Waals surface area contributed by atoms with Crippen molar-refractivity contribution in [1.29, 1.82) is 0 Å². The smallest absolute Gasteiger partial charge is 0.255 e. The van der Waals surface area contributed by atoms with E-state index in [2.05, 4.69) is 35.1 Å². The summed E-state index contributed by atoms with van der Waals surface area (Å²) < 4.78 is 11.3. The van der Waals surface area contributed by atoms with Gasteiger partial charge in [0.1, 0.15) is 12.4 Å². The number of carbonyl (C=O) groups excluding carboxylic acids is 1. The van der Waals surface area contributed by atoms with Gasteiger partial charge in [-0.25, -0.2) is 0 Å². The summed E-state index contributed by atoms with van der Waals surface area (Å²) >= 11 is 3.44. The van der Waals surface area contributed by atoms with Gasteiger partial charge in [0.15, 0.2) is 0 Å². The highest BCUT2D eigenvalue weighted by Gasteiger charge is 2.12.